The van der Waals surface area contributed by atoms with Gasteiger partial charge in [0.15, 0.2) is 11.9 Å². The lowest BCUT2D eigenvalue weighted by Crippen LogP contribution is -2.29. The van der Waals surface area contributed by atoms with Crippen LogP contribution in [0.25, 0.3) is 0 Å². The molecule has 104 valence electrons. The third-order valence-electron chi connectivity index (χ3n) is 3.65. The van der Waals surface area contributed by atoms with Crippen molar-refractivity contribution >= 4 is 18.0 Å². The smallest absolute Gasteiger partial charge is 0.170 e. The SMILES string of the molecule is CSc1ccc(C(O)(C=O)c2ccc(C)c(C)c2)cc1. The van der Waals surface area contributed by atoms with Gasteiger partial charge < -0.3 is 5.11 Å². The Balaban J connectivity index is 2.51. The van der Waals surface area contributed by atoms with Gasteiger partial charge in [0.2, 0.25) is 0 Å². The second kappa shape index (κ2) is 5.81. The third-order valence-corrected chi connectivity index (χ3v) is 4.39. The van der Waals surface area contributed by atoms with E-state index in [2.05, 4.69) is 0 Å². The zero-order valence-corrected chi connectivity index (χ0v) is 12.7. The Bertz CT molecular complexity index is 619. The van der Waals surface area contributed by atoms with Crippen molar-refractivity contribution in [3.8, 4) is 0 Å². The summed E-state index contributed by atoms with van der Waals surface area (Å²) in [5, 5.41) is 10.8. The highest BCUT2D eigenvalue weighted by Gasteiger charge is 2.31. The molecule has 2 aromatic carbocycles. The van der Waals surface area contributed by atoms with Crippen molar-refractivity contribution in [3.05, 3.63) is 64.7 Å². The van der Waals surface area contributed by atoms with Gasteiger partial charge in [-0.1, -0.05) is 30.3 Å². The van der Waals surface area contributed by atoms with Crippen LogP contribution in [0.3, 0.4) is 0 Å². The molecule has 0 saturated carbocycles. The number of thioether (sulfide) groups is 1. The molecule has 0 saturated heterocycles. The Morgan fingerprint density at radius 1 is 1.00 bits per heavy atom. The van der Waals surface area contributed by atoms with E-state index in [4.69, 9.17) is 0 Å². The summed E-state index contributed by atoms with van der Waals surface area (Å²) in [4.78, 5) is 12.6. The van der Waals surface area contributed by atoms with E-state index in [1.807, 2.05) is 44.4 Å². The summed E-state index contributed by atoms with van der Waals surface area (Å²) in [5.41, 5.74) is 1.80. The van der Waals surface area contributed by atoms with Crippen molar-refractivity contribution in [2.45, 2.75) is 24.3 Å². The van der Waals surface area contributed by atoms with Gasteiger partial charge in [-0.2, -0.15) is 0 Å². The van der Waals surface area contributed by atoms with Crippen LogP contribution in [0.1, 0.15) is 22.3 Å². The van der Waals surface area contributed by atoms with Crippen LogP contribution in [0.5, 0.6) is 0 Å². The molecule has 3 heteroatoms. The van der Waals surface area contributed by atoms with Crippen LogP contribution in [0, 0.1) is 13.8 Å². The standard InChI is InChI=1S/C17H18O2S/c1-12-4-5-15(10-13(12)2)17(19,11-18)14-6-8-16(20-3)9-7-14/h4-11,19H,1-3H3. The number of hydrogen-bond donors (Lipinski definition) is 1. The zero-order valence-electron chi connectivity index (χ0n) is 11.9. The Morgan fingerprint density at radius 2 is 1.60 bits per heavy atom. The van der Waals surface area contributed by atoms with Crippen LogP contribution in [0.4, 0.5) is 0 Å². The van der Waals surface area contributed by atoms with Crippen molar-refractivity contribution in [2.24, 2.45) is 0 Å². The molecule has 0 aliphatic heterocycles. The van der Waals surface area contributed by atoms with E-state index in [-0.39, 0.29) is 0 Å². The predicted molar refractivity (Wildman–Crippen MR) is 83.2 cm³/mol. The van der Waals surface area contributed by atoms with E-state index in [1.54, 1.807) is 30.0 Å². The summed E-state index contributed by atoms with van der Waals surface area (Å²) < 4.78 is 0. The molecule has 0 amide bonds. The van der Waals surface area contributed by atoms with Crippen molar-refractivity contribution in [1.29, 1.82) is 0 Å². The topological polar surface area (TPSA) is 37.3 Å². The molecular weight excluding hydrogens is 268 g/mol. The van der Waals surface area contributed by atoms with Gasteiger partial charge in [0.25, 0.3) is 0 Å². The Kier molecular flexibility index (Phi) is 4.31. The Labute approximate surface area is 123 Å². The van der Waals surface area contributed by atoms with E-state index in [0.29, 0.717) is 17.4 Å². The number of rotatable bonds is 4. The van der Waals surface area contributed by atoms with Crippen LogP contribution in [0.15, 0.2) is 47.4 Å². The lowest BCUT2D eigenvalue weighted by molar-refractivity contribution is -0.121. The van der Waals surface area contributed by atoms with Gasteiger partial charge in [-0.25, -0.2) is 0 Å². The van der Waals surface area contributed by atoms with Crippen molar-refractivity contribution < 1.29 is 9.90 Å². The average Bonchev–Trinajstić information content (AvgIpc) is 2.49. The number of carbonyl (C=O) groups excluding carboxylic acids is 1. The molecule has 0 heterocycles. The first kappa shape index (κ1) is 14.8. The van der Waals surface area contributed by atoms with E-state index in [9.17, 15) is 9.90 Å². The molecule has 1 N–H and O–H groups in total. The van der Waals surface area contributed by atoms with Gasteiger partial charge in [-0.05, 0) is 54.5 Å². The molecule has 0 aliphatic carbocycles. The highest BCUT2D eigenvalue weighted by molar-refractivity contribution is 7.98. The maximum atomic E-state index is 11.5. The van der Waals surface area contributed by atoms with Gasteiger partial charge >= 0.3 is 0 Å². The van der Waals surface area contributed by atoms with Crippen molar-refractivity contribution in [3.63, 3.8) is 0 Å². The second-order valence-electron chi connectivity index (χ2n) is 4.91. The number of aliphatic hydroxyl groups is 1. The molecule has 0 aliphatic rings. The second-order valence-corrected chi connectivity index (χ2v) is 5.79. The summed E-state index contributed by atoms with van der Waals surface area (Å²) in [6, 6.07) is 13.0. The monoisotopic (exact) mass is 286 g/mol. The quantitative estimate of drug-likeness (QED) is 0.691. The molecule has 2 aromatic rings. The summed E-state index contributed by atoms with van der Waals surface area (Å²) >= 11 is 1.63. The van der Waals surface area contributed by atoms with Crippen molar-refractivity contribution in [1.82, 2.24) is 0 Å². The zero-order chi connectivity index (χ0) is 14.8. The van der Waals surface area contributed by atoms with Gasteiger partial charge in [0, 0.05) is 4.90 Å². The average molecular weight is 286 g/mol. The molecule has 0 spiro atoms. The number of aryl methyl sites for hydroxylation is 2. The van der Waals surface area contributed by atoms with E-state index < -0.39 is 5.60 Å². The molecule has 20 heavy (non-hydrogen) atoms. The van der Waals surface area contributed by atoms with Crippen molar-refractivity contribution in [2.75, 3.05) is 6.26 Å². The summed E-state index contributed by atoms with van der Waals surface area (Å²) in [7, 11) is 0. The maximum absolute atomic E-state index is 11.5. The normalized spacial score (nSPS) is 13.8. The molecular formula is C17H18O2S. The van der Waals surface area contributed by atoms with E-state index in [1.165, 1.54) is 0 Å². The Hall–Kier alpha value is -1.58. The minimum Gasteiger partial charge on any atom is -0.373 e. The van der Waals surface area contributed by atoms with Crippen LogP contribution < -0.4 is 0 Å². The van der Waals surface area contributed by atoms with E-state index >= 15 is 0 Å². The molecule has 1 atom stereocenters. The Morgan fingerprint density at radius 3 is 2.10 bits per heavy atom. The number of hydrogen-bond acceptors (Lipinski definition) is 3. The fourth-order valence-electron chi connectivity index (χ4n) is 2.13. The predicted octanol–water partition coefficient (Wildman–Crippen LogP) is 3.46. The van der Waals surface area contributed by atoms with Crippen LogP contribution in [-0.4, -0.2) is 17.6 Å². The summed E-state index contributed by atoms with van der Waals surface area (Å²) in [6.07, 6.45) is 2.59. The highest BCUT2D eigenvalue weighted by Crippen LogP contribution is 2.30. The van der Waals surface area contributed by atoms with Crippen LogP contribution >= 0.6 is 11.8 Å². The van der Waals surface area contributed by atoms with Crippen LogP contribution in [-0.2, 0) is 10.4 Å². The lowest BCUT2D eigenvalue weighted by Gasteiger charge is -2.24. The summed E-state index contributed by atoms with van der Waals surface area (Å²) in [5.74, 6) is 0. The maximum Gasteiger partial charge on any atom is 0.170 e. The number of benzene rings is 2. The molecule has 0 bridgehead atoms. The first-order chi connectivity index (χ1) is 9.51. The minimum absolute atomic E-state index is 0.591. The van der Waals surface area contributed by atoms with E-state index in [0.717, 1.165) is 16.0 Å². The largest absolute Gasteiger partial charge is 0.373 e. The molecule has 0 aromatic heterocycles. The number of aldehydes is 1. The van der Waals surface area contributed by atoms with Gasteiger partial charge in [-0.3, -0.25) is 4.79 Å². The minimum atomic E-state index is -1.59. The van der Waals surface area contributed by atoms with Gasteiger partial charge in [0.1, 0.15) is 0 Å². The molecule has 2 rings (SSSR count). The molecule has 2 nitrogen and oxygen atoms in total. The molecule has 1 unspecified atom stereocenters. The lowest BCUT2D eigenvalue weighted by atomic mass is 9.86. The van der Waals surface area contributed by atoms with Gasteiger partial charge in [0.05, 0.1) is 0 Å². The fraction of sp³-hybridized carbons (Fsp3) is 0.235. The number of carbonyl (C=O) groups is 1. The van der Waals surface area contributed by atoms with Gasteiger partial charge in [-0.15, -0.1) is 11.8 Å². The first-order valence-electron chi connectivity index (χ1n) is 6.42. The first-order valence-corrected chi connectivity index (χ1v) is 7.64. The molecule has 0 fully saturated rings. The third kappa shape index (κ3) is 2.65. The summed E-state index contributed by atoms with van der Waals surface area (Å²) in [6.45, 7) is 3.98. The highest BCUT2D eigenvalue weighted by atomic mass is 32.2. The fourth-order valence-corrected chi connectivity index (χ4v) is 2.53. The molecule has 0 radical (unpaired) electrons. The van der Waals surface area contributed by atoms with Crippen LogP contribution in [0.2, 0.25) is 0 Å².